The monoisotopic (exact) mass is 376 g/mol. The molecule has 2 aromatic rings. The second-order valence-corrected chi connectivity index (χ2v) is 6.34. The van der Waals surface area contributed by atoms with Crippen LogP contribution >= 0.6 is 0 Å². The summed E-state index contributed by atoms with van der Waals surface area (Å²) in [6.07, 6.45) is 2.16. The number of aromatic nitrogens is 3. The highest BCUT2D eigenvalue weighted by Gasteiger charge is 2.09. The Morgan fingerprint density at radius 2 is 2.11 bits per heavy atom. The fraction of sp³-hybridized carbons (Fsp3) is 0.526. The van der Waals surface area contributed by atoms with Crippen LogP contribution in [-0.4, -0.2) is 52.4 Å². The Hall–Kier alpha value is -2.64. The number of aliphatic imine (C=N–C) groups is 1. The van der Waals surface area contributed by atoms with Crippen molar-refractivity contribution >= 4 is 5.96 Å². The summed E-state index contributed by atoms with van der Waals surface area (Å²) >= 11 is 0. The Kier molecular flexibility index (Phi) is 8.03. The first-order valence-electron chi connectivity index (χ1n) is 9.24. The van der Waals surface area contributed by atoms with Gasteiger partial charge in [0.15, 0.2) is 23.4 Å². The number of hydrogen-bond donors (Lipinski definition) is 1. The van der Waals surface area contributed by atoms with E-state index in [4.69, 9.17) is 4.74 Å². The van der Waals surface area contributed by atoms with Crippen LogP contribution in [0.15, 0.2) is 29.3 Å². The molecule has 0 radical (unpaired) electrons. The van der Waals surface area contributed by atoms with Crippen LogP contribution in [0.3, 0.4) is 0 Å². The predicted octanol–water partition coefficient (Wildman–Crippen LogP) is 2.52. The van der Waals surface area contributed by atoms with Gasteiger partial charge in [0.2, 0.25) is 0 Å². The van der Waals surface area contributed by atoms with Crippen molar-refractivity contribution in [3.63, 3.8) is 0 Å². The number of unbranched alkanes of at least 4 members (excludes halogenated alkanes) is 1. The van der Waals surface area contributed by atoms with E-state index in [0.717, 1.165) is 37.0 Å². The minimum Gasteiger partial charge on any atom is -0.489 e. The number of para-hydroxylation sites is 1. The third-order valence-corrected chi connectivity index (χ3v) is 4.25. The molecule has 1 N–H and O–H groups in total. The van der Waals surface area contributed by atoms with E-state index in [0.29, 0.717) is 19.7 Å². The van der Waals surface area contributed by atoms with Crippen LogP contribution in [0.25, 0.3) is 0 Å². The molecule has 27 heavy (non-hydrogen) atoms. The highest BCUT2D eigenvalue weighted by atomic mass is 19.1. The summed E-state index contributed by atoms with van der Waals surface area (Å²) in [4.78, 5) is 6.63. The van der Waals surface area contributed by atoms with Gasteiger partial charge in [0.05, 0.1) is 6.54 Å². The molecule has 0 spiro atoms. The van der Waals surface area contributed by atoms with Gasteiger partial charge in [-0.1, -0.05) is 25.5 Å². The van der Waals surface area contributed by atoms with Crippen LogP contribution in [-0.2, 0) is 13.6 Å². The quantitative estimate of drug-likeness (QED) is 0.414. The van der Waals surface area contributed by atoms with Crippen LogP contribution in [0.1, 0.15) is 31.4 Å². The van der Waals surface area contributed by atoms with Crippen molar-refractivity contribution in [2.45, 2.75) is 33.2 Å². The van der Waals surface area contributed by atoms with Crippen LogP contribution < -0.4 is 10.1 Å². The number of rotatable bonds is 9. The van der Waals surface area contributed by atoms with Crippen LogP contribution in [0.5, 0.6) is 5.75 Å². The molecule has 7 nitrogen and oxygen atoms in total. The standard InChI is InChI=1S/C19H29FN6O/c1-5-6-11-21-19(22-14-18-24-23-15(2)26(18)4)25(3)12-13-27-17-10-8-7-9-16(17)20/h7-10H,5-6,11-14H2,1-4H3,(H,21,22). The SMILES string of the molecule is CCCCNC(=NCc1nnc(C)n1C)N(C)CCOc1ccccc1F. The largest absolute Gasteiger partial charge is 0.489 e. The summed E-state index contributed by atoms with van der Waals surface area (Å²) in [5.74, 6) is 2.33. The van der Waals surface area contributed by atoms with Gasteiger partial charge in [0, 0.05) is 20.6 Å². The molecule has 1 aromatic heterocycles. The lowest BCUT2D eigenvalue weighted by atomic mass is 10.3. The van der Waals surface area contributed by atoms with Crippen molar-refractivity contribution in [1.82, 2.24) is 25.0 Å². The van der Waals surface area contributed by atoms with Crippen molar-refractivity contribution in [2.24, 2.45) is 12.0 Å². The van der Waals surface area contributed by atoms with Gasteiger partial charge in [-0.3, -0.25) is 0 Å². The Labute approximate surface area is 160 Å². The van der Waals surface area contributed by atoms with Crippen molar-refractivity contribution in [3.05, 3.63) is 41.7 Å². The Balaban J connectivity index is 1.95. The van der Waals surface area contributed by atoms with Crippen molar-refractivity contribution < 1.29 is 9.13 Å². The summed E-state index contributed by atoms with van der Waals surface area (Å²) in [6.45, 7) is 6.26. The van der Waals surface area contributed by atoms with Gasteiger partial charge in [0.25, 0.3) is 0 Å². The average molecular weight is 376 g/mol. The number of nitrogens with zero attached hydrogens (tertiary/aromatic N) is 5. The maximum Gasteiger partial charge on any atom is 0.194 e. The number of ether oxygens (including phenoxy) is 1. The molecule has 1 aromatic carbocycles. The molecule has 0 atom stereocenters. The molecule has 0 saturated heterocycles. The third-order valence-electron chi connectivity index (χ3n) is 4.25. The summed E-state index contributed by atoms with van der Waals surface area (Å²) < 4.78 is 21.1. The maximum atomic E-state index is 13.6. The van der Waals surface area contributed by atoms with E-state index < -0.39 is 0 Å². The topological polar surface area (TPSA) is 67.6 Å². The van der Waals surface area contributed by atoms with E-state index >= 15 is 0 Å². The molecule has 0 amide bonds. The highest BCUT2D eigenvalue weighted by molar-refractivity contribution is 5.79. The first-order chi connectivity index (χ1) is 13.0. The third kappa shape index (κ3) is 6.23. The fourth-order valence-electron chi connectivity index (χ4n) is 2.38. The Bertz CT molecular complexity index is 746. The van der Waals surface area contributed by atoms with E-state index in [1.165, 1.54) is 6.07 Å². The van der Waals surface area contributed by atoms with E-state index in [-0.39, 0.29) is 11.6 Å². The molecule has 148 valence electrons. The lowest BCUT2D eigenvalue weighted by Gasteiger charge is -2.22. The number of hydrogen-bond acceptors (Lipinski definition) is 4. The van der Waals surface area contributed by atoms with Gasteiger partial charge < -0.3 is 19.5 Å². The molecule has 2 rings (SSSR count). The number of nitrogens with one attached hydrogen (secondary N) is 1. The minimum atomic E-state index is -0.354. The number of halogens is 1. The highest BCUT2D eigenvalue weighted by Crippen LogP contribution is 2.15. The summed E-state index contributed by atoms with van der Waals surface area (Å²) in [5, 5.41) is 11.6. The fourth-order valence-corrected chi connectivity index (χ4v) is 2.38. The molecule has 0 aliphatic heterocycles. The summed E-state index contributed by atoms with van der Waals surface area (Å²) in [6, 6.07) is 6.41. The predicted molar refractivity (Wildman–Crippen MR) is 104 cm³/mol. The maximum absolute atomic E-state index is 13.6. The zero-order chi connectivity index (χ0) is 19.6. The smallest absolute Gasteiger partial charge is 0.194 e. The lowest BCUT2D eigenvalue weighted by molar-refractivity contribution is 0.270. The van der Waals surface area contributed by atoms with E-state index in [1.807, 2.05) is 30.5 Å². The van der Waals surface area contributed by atoms with Gasteiger partial charge in [-0.15, -0.1) is 10.2 Å². The minimum absolute atomic E-state index is 0.262. The molecule has 8 heteroatoms. The molecular formula is C19H29FN6O. The van der Waals surface area contributed by atoms with E-state index in [9.17, 15) is 4.39 Å². The van der Waals surface area contributed by atoms with Gasteiger partial charge in [-0.2, -0.15) is 0 Å². The number of guanidine groups is 1. The molecule has 0 saturated carbocycles. The van der Waals surface area contributed by atoms with Gasteiger partial charge in [-0.05, 0) is 25.5 Å². The van der Waals surface area contributed by atoms with Crippen molar-refractivity contribution in [1.29, 1.82) is 0 Å². The van der Waals surface area contributed by atoms with Crippen molar-refractivity contribution in [3.8, 4) is 5.75 Å². The van der Waals surface area contributed by atoms with E-state index in [2.05, 4.69) is 27.4 Å². The molecule has 0 bridgehead atoms. The number of aryl methyl sites for hydroxylation is 1. The Morgan fingerprint density at radius 3 is 2.78 bits per heavy atom. The first-order valence-corrected chi connectivity index (χ1v) is 9.24. The molecule has 0 aliphatic rings. The second kappa shape index (κ2) is 10.5. The summed E-state index contributed by atoms with van der Waals surface area (Å²) in [5.41, 5.74) is 0. The number of likely N-dealkylation sites (N-methyl/N-ethyl adjacent to an activating group) is 1. The Morgan fingerprint density at radius 1 is 1.33 bits per heavy atom. The van der Waals surface area contributed by atoms with E-state index in [1.54, 1.807) is 18.2 Å². The molecule has 0 unspecified atom stereocenters. The van der Waals surface area contributed by atoms with Gasteiger partial charge in [-0.25, -0.2) is 9.38 Å². The average Bonchev–Trinajstić information content (AvgIpc) is 2.98. The first kappa shape index (κ1) is 20.7. The normalized spacial score (nSPS) is 11.5. The lowest BCUT2D eigenvalue weighted by Crippen LogP contribution is -2.41. The molecule has 0 fully saturated rings. The van der Waals surface area contributed by atoms with Gasteiger partial charge in [0.1, 0.15) is 19.0 Å². The zero-order valence-corrected chi connectivity index (χ0v) is 16.6. The number of benzene rings is 1. The van der Waals surface area contributed by atoms with Crippen molar-refractivity contribution in [2.75, 3.05) is 26.7 Å². The second-order valence-electron chi connectivity index (χ2n) is 6.34. The molecular weight excluding hydrogens is 347 g/mol. The van der Waals surface area contributed by atoms with Gasteiger partial charge >= 0.3 is 0 Å². The molecule has 1 heterocycles. The van der Waals surface area contributed by atoms with Crippen LogP contribution in [0.2, 0.25) is 0 Å². The molecule has 0 aliphatic carbocycles. The van der Waals surface area contributed by atoms with Crippen LogP contribution in [0, 0.1) is 12.7 Å². The summed E-state index contributed by atoms with van der Waals surface area (Å²) in [7, 11) is 3.86. The van der Waals surface area contributed by atoms with Crippen LogP contribution in [0.4, 0.5) is 4.39 Å². The zero-order valence-electron chi connectivity index (χ0n) is 16.6.